The molecule has 0 saturated carbocycles. The molecule has 1 aromatic carbocycles. The first-order valence-corrected chi connectivity index (χ1v) is 9.06. The van der Waals surface area contributed by atoms with Gasteiger partial charge in [0.2, 0.25) is 11.8 Å². The van der Waals surface area contributed by atoms with E-state index in [0.717, 1.165) is 30.0 Å². The third-order valence-electron chi connectivity index (χ3n) is 4.50. The van der Waals surface area contributed by atoms with Crippen molar-refractivity contribution in [3.63, 3.8) is 0 Å². The molecule has 2 amide bonds. The smallest absolute Gasteiger partial charge is 0.247 e. The van der Waals surface area contributed by atoms with Crippen LogP contribution in [0.4, 0.5) is 5.69 Å². The van der Waals surface area contributed by atoms with Crippen LogP contribution in [0, 0.1) is 0 Å². The lowest BCUT2D eigenvalue weighted by Gasteiger charge is -2.19. The summed E-state index contributed by atoms with van der Waals surface area (Å²) in [7, 11) is 1.61. The van der Waals surface area contributed by atoms with E-state index >= 15 is 0 Å². The van der Waals surface area contributed by atoms with Gasteiger partial charge in [0, 0.05) is 38.4 Å². The molecule has 0 atom stereocenters. The fourth-order valence-corrected chi connectivity index (χ4v) is 3.02. The minimum atomic E-state index is -0.109. The molecule has 0 unspecified atom stereocenters. The van der Waals surface area contributed by atoms with Crippen LogP contribution in [0.15, 0.2) is 53.2 Å². The van der Waals surface area contributed by atoms with Gasteiger partial charge < -0.3 is 19.0 Å². The van der Waals surface area contributed by atoms with Gasteiger partial charge in [0.1, 0.15) is 5.76 Å². The zero-order chi connectivity index (χ0) is 19.1. The maximum atomic E-state index is 12.6. The largest absolute Gasteiger partial charge is 0.467 e. The maximum Gasteiger partial charge on any atom is 0.247 e. The van der Waals surface area contributed by atoms with Gasteiger partial charge in [-0.2, -0.15) is 0 Å². The Hall–Kier alpha value is -2.86. The Morgan fingerprint density at radius 1 is 1.30 bits per heavy atom. The van der Waals surface area contributed by atoms with Crippen LogP contribution in [0.25, 0.3) is 6.08 Å². The van der Waals surface area contributed by atoms with E-state index < -0.39 is 0 Å². The second-order valence-corrected chi connectivity index (χ2v) is 6.41. The monoisotopic (exact) mass is 368 g/mol. The van der Waals surface area contributed by atoms with Gasteiger partial charge >= 0.3 is 0 Å². The molecule has 1 aliphatic heterocycles. The van der Waals surface area contributed by atoms with Gasteiger partial charge in [0.25, 0.3) is 0 Å². The summed E-state index contributed by atoms with van der Waals surface area (Å²) < 4.78 is 10.4. The molecule has 2 heterocycles. The van der Waals surface area contributed by atoms with Crippen LogP contribution < -0.4 is 4.90 Å². The second-order valence-electron chi connectivity index (χ2n) is 6.41. The molecule has 0 aliphatic carbocycles. The van der Waals surface area contributed by atoms with Crippen LogP contribution in [0.1, 0.15) is 24.2 Å². The Bertz CT molecular complexity index is 781. The molecular weight excluding hydrogens is 344 g/mol. The predicted octanol–water partition coefficient (Wildman–Crippen LogP) is 3.09. The summed E-state index contributed by atoms with van der Waals surface area (Å²) in [5.74, 6) is 0.787. The summed E-state index contributed by atoms with van der Waals surface area (Å²) in [4.78, 5) is 27.8. The summed E-state index contributed by atoms with van der Waals surface area (Å²) in [6.45, 7) is 2.11. The highest BCUT2D eigenvalue weighted by molar-refractivity contribution is 5.95. The molecule has 142 valence electrons. The molecule has 0 radical (unpaired) electrons. The van der Waals surface area contributed by atoms with E-state index in [-0.39, 0.29) is 11.8 Å². The number of ether oxygens (including phenoxy) is 1. The summed E-state index contributed by atoms with van der Waals surface area (Å²) in [6.07, 6.45) is 6.44. The number of benzene rings is 1. The highest BCUT2D eigenvalue weighted by Crippen LogP contribution is 2.22. The third kappa shape index (κ3) is 5.08. The van der Waals surface area contributed by atoms with Gasteiger partial charge in [-0.15, -0.1) is 0 Å². The van der Waals surface area contributed by atoms with Crippen molar-refractivity contribution in [2.24, 2.45) is 0 Å². The molecule has 1 aromatic heterocycles. The van der Waals surface area contributed by atoms with Crippen LogP contribution in [-0.4, -0.2) is 43.5 Å². The fraction of sp³-hybridized carbons (Fsp3) is 0.333. The average Bonchev–Trinajstić information content (AvgIpc) is 3.35. The topological polar surface area (TPSA) is 63.0 Å². The quantitative estimate of drug-likeness (QED) is 0.672. The van der Waals surface area contributed by atoms with Crippen LogP contribution >= 0.6 is 0 Å². The average molecular weight is 368 g/mol. The number of hydrogen-bond donors (Lipinski definition) is 0. The molecular formula is C21H24N2O4. The number of rotatable bonds is 8. The lowest BCUT2D eigenvalue weighted by Crippen LogP contribution is -2.31. The SMILES string of the molecule is COCCN(Cc1ccco1)C(=O)/C=C/c1ccc(N2CCCC2=O)cc1. The Kier molecular flexibility index (Phi) is 6.44. The highest BCUT2D eigenvalue weighted by atomic mass is 16.5. The lowest BCUT2D eigenvalue weighted by atomic mass is 10.2. The van der Waals surface area contributed by atoms with Crippen molar-refractivity contribution in [3.8, 4) is 0 Å². The molecule has 2 aromatic rings. The number of amides is 2. The van der Waals surface area contributed by atoms with E-state index in [1.807, 2.05) is 30.3 Å². The van der Waals surface area contributed by atoms with Crippen molar-refractivity contribution in [1.82, 2.24) is 4.90 Å². The number of methoxy groups -OCH3 is 1. The van der Waals surface area contributed by atoms with E-state index in [1.165, 1.54) is 0 Å². The molecule has 1 saturated heterocycles. The molecule has 3 rings (SSSR count). The van der Waals surface area contributed by atoms with Gasteiger partial charge in [0.15, 0.2) is 0 Å². The van der Waals surface area contributed by atoms with Crippen LogP contribution in [0.5, 0.6) is 0 Å². The third-order valence-corrected chi connectivity index (χ3v) is 4.50. The predicted molar refractivity (Wildman–Crippen MR) is 103 cm³/mol. The molecule has 0 bridgehead atoms. The standard InChI is InChI=1S/C21H24N2O4/c1-26-15-13-22(16-19-4-3-14-27-19)20(24)11-8-17-6-9-18(10-7-17)23-12-2-5-21(23)25/h3-4,6-11,14H,2,5,12-13,15-16H2,1H3/b11-8+. The van der Waals surface area contributed by atoms with Crippen molar-refractivity contribution in [2.75, 3.05) is 31.7 Å². The summed E-state index contributed by atoms with van der Waals surface area (Å²) in [5.41, 5.74) is 1.81. The van der Waals surface area contributed by atoms with Crippen molar-refractivity contribution in [1.29, 1.82) is 0 Å². The first-order chi connectivity index (χ1) is 13.2. The molecule has 27 heavy (non-hydrogen) atoms. The minimum absolute atomic E-state index is 0.109. The van der Waals surface area contributed by atoms with E-state index in [2.05, 4.69) is 0 Å². The van der Waals surface area contributed by atoms with Crippen molar-refractivity contribution in [2.45, 2.75) is 19.4 Å². The Morgan fingerprint density at radius 2 is 2.11 bits per heavy atom. The van der Waals surface area contributed by atoms with Gasteiger partial charge in [-0.25, -0.2) is 0 Å². The molecule has 6 heteroatoms. The molecule has 0 spiro atoms. The van der Waals surface area contributed by atoms with Crippen LogP contribution in [0.2, 0.25) is 0 Å². The van der Waals surface area contributed by atoms with Crippen LogP contribution in [-0.2, 0) is 20.9 Å². The van der Waals surface area contributed by atoms with Gasteiger partial charge in [-0.1, -0.05) is 12.1 Å². The van der Waals surface area contributed by atoms with E-state index in [1.54, 1.807) is 41.4 Å². The lowest BCUT2D eigenvalue weighted by molar-refractivity contribution is -0.127. The summed E-state index contributed by atoms with van der Waals surface area (Å²) in [6, 6.07) is 11.3. The highest BCUT2D eigenvalue weighted by Gasteiger charge is 2.21. The Balaban J connectivity index is 1.63. The number of nitrogens with zero attached hydrogens (tertiary/aromatic N) is 2. The summed E-state index contributed by atoms with van der Waals surface area (Å²) in [5, 5.41) is 0. The van der Waals surface area contributed by atoms with Gasteiger partial charge in [-0.05, 0) is 42.3 Å². The first kappa shape index (κ1) is 18.9. The molecule has 6 nitrogen and oxygen atoms in total. The fourth-order valence-electron chi connectivity index (χ4n) is 3.02. The van der Waals surface area contributed by atoms with Crippen molar-refractivity contribution in [3.05, 3.63) is 60.1 Å². The van der Waals surface area contributed by atoms with Crippen molar-refractivity contribution >= 4 is 23.6 Å². The normalized spacial score (nSPS) is 14.3. The number of hydrogen-bond acceptors (Lipinski definition) is 4. The maximum absolute atomic E-state index is 12.6. The number of carbonyl (C=O) groups is 2. The Labute approximate surface area is 159 Å². The molecule has 0 N–H and O–H groups in total. The minimum Gasteiger partial charge on any atom is -0.467 e. The van der Waals surface area contributed by atoms with Crippen molar-refractivity contribution < 1.29 is 18.7 Å². The van der Waals surface area contributed by atoms with E-state index in [9.17, 15) is 9.59 Å². The molecule has 1 aliphatic rings. The number of furan rings is 1. The zero-order valence-corrected chi connectivity index (χ0v) is 15.5. The van der Waals surface area contributed by atoms with Gasteiger partial charge in [0.05, 0.1) is 19.4 Å². The zero-order valence-electron chi connectivity index (χ0n) is 15.5. The number of anilines is 1. The van der Waals surface area contributed by atoms with E-state index in [4.69, 9.17) is 9.15 Å². The Morgan fingerprint density at radius 3 is 2.74 bits per heavy atom. The second kappa shape index (κ2) is 9.19. The van der Waals surface area contributed by atoms with Gasteiger partial charge in [-0.3, -0.25) is 9.59 Å². The first-order valence-electron chi connectivity index (χ1n) is 9.06. The van der Waals surface area contributed by atoms with Crippen LogP contribution in [0.3, 0.4) is 0 Å². The van der Waals surface area contributed by atoms with E-state index in [0.29, 0.717) is 26.1 Å². The summed E-state index contributed by atoms with van der Waals surface area (Å²) >= 11 is 0. The molecule has 1 fully saturated rings. The number of carbonyl (C=O) groups excluding carboxylic acids is 2.